The van der Waals surface area contributed by atoms with Crippen molar-refractivity contribution in [1.82, 2.24) is 0 Å². The molecule has 1 N–H and O–H groups in total. The maximum atomic E-state index is 13.6. The van der Waals surface area contributed by atoms with Crippen LogP contribution >= 0.6 is 0 Å². The summed E-state index contributed by atoms with van der Waals surface area (Å²) in [5, 5.41) is 2.53. The average molecular weight is 352 g/mol. The summed E-state index contributed by atoms with van der Waals surface area (Å²) in [5.41, 5.74) is 0.443. The number of methoxy groups -OCH3 is 1. The van der Waals surface area contributed by atoms with E-state index in [1.165, 1.54) is 20.2 Å². The molecule has 0 heterocycles. The molecule has 0 aliphatic heterocycles. The van der Waals surface area contributed by atoms with Gasteiger partial charge in [0.05, 0.1) is 30.3 Å². The monoisotopic (exact) mass is 352 g/mol. The third-order valence-electron chi connectivity index (χ3n) is 3.40. The van der Waals surface area contributed by atoms with Crippen LogP contribution in [-0.4, -0.2) is 34.7 Å². The second kappa shape index (κ2) is 6.88. The summed E-state index contributed by atoms with van der Waals surface area (Å²) in [6.07, 6.45) is 1.02. The smallest absolute Gasteiger partial charge is 0.259 e. The van der Waals surface area contributed by atoms with Crippen molar-refractivity contribution in [1.29, 1.82) is 0 Å². The van der Waals surface area contributed by atoms with Crippen LogP contribution in [0.3, 0.4) is 0 Å². The highest BCUT2D eigenvalue weighted by Crippen LogP contribution is 2.29. The first-order valence-electron chi connectivity index (χ1n) is 6.92. The molecule has 8 heteroatoms. The molecule has 24 heavy (non-hydrogen) atoms. The van der Waals surface area contributed by atoms with Crippen molar-refractivity contribution in [2.75, 3.05) is 30.0 Å². The number of ether oxygens (including phenoxy) is 1. The Balaban J connectivity index is 2.42. The lowest BCUT2D eigenvalue weighted by atomic mass is 10.1. The van der Waals surface area contributed by atoms with Crippen LogP contribution in [0.15, 0.2) is 42.5 Å². The molecule has 128 valence electrons. The van der Waals surface area contributed by atoms with Gasteiger partial charge in [-0.05, 0) is 30.3 Å². The molecule has 0 fully saturated rings. The first kappa shape index (κ1) is 17.7. The highest BCUT2D eigenvalue weighted by atomic mass is 32.2. The second-order valence-electron chi connectivity index (χ2n) is 5.05. The Morgan fingerprint density at radius 3 is 2.50 bits per heavy atom. The average Bonchev–Trinajstić information content (AvgIpc) is 2.53. The van der Waals surface area contributed by atoms with Gasteiger partial charge in [-0.3, -0.25) is 9.10 Å². The van der Waals surface area contributed by atoms with Crippen LogP contribution in [-0.2, 0) is 10.0 Å². The number of nitrogens with one attached hydrogen (secondary N) is 1. The number of rotatable bonds is 5. The van der Waals surface area contributed by atoms with Crippen molar-refractivity contribution in [3.05, 3.63) is 53.8 Å². The lowest BCUT2D eigenvalue weighted by Gasteiger charge is -2.20. The SMILES string of the molecule is COc1ccccc1C(=O)Nc1cc(F)ccc1N(C)S(C)(=O)=O. The maximum Gasteiger partial charge on any atom is 0.259 e. The molecule has 0 saturated heterocycles. The zero-order valence-corrected chi connectivity index (χ0v) is 14.2. The fourth-order valence-electron chi connectivity index (χ4n) is 2.08. The van der Waals surface area contributed by atoms with Crippen LogP contribution in [0, 0.1) is 5.82 Å². The molecule has 0 saturated carbocycles. The summed E-state index contributed by atoms with van der Waals surface area (Å²) in [5.74, 6) is -0.790. The zero-order valence-electron chi connectivity index (χ0n) is 13.4. The van der Waals surface area contributed by atoms with Crippen molar-refractivity contribution in [2.45, 2.75) is 0 Å². The first-order chi connectivity index (χ1) is 11.2. The van der Waals surface area contributed by atoms with E-state index in [1.807, 2.05) is 0 Å². The number of amides is 1. The minimum atomic E-state index is -3.57. The number of sulfonamides is 1. The molecule has 2 aromatic rings. The van der Waals surface area contributed by atoms with Gasteiger partial charge in [0.15, 0.2) is 0 Å². The molecule has 0 aliphatic rings. The van der Waals surface area contributed by atoms with Crippen molar-refractivity contribution in [3.63, 3.8) is 0 Å². The number of hydrogen-bond acceptors (Lipinski definition) is 4. The quantitative estimate of drug-likeness (QED) is 0.897. The molecule has 6 nitrogen and oxygen atoms in total. The lowest BCUT2D eigenvalue weighted by Crippen LogP contribution is -2.26. The highest BCUT2D eigenvalue weighted by Gasteiger charge is 2.19. The Kier molecular flexibility index (Phi) is 5.08. The Bertz CT molecular complexity index is 868. The number of carbonyl (C=O) groups is 1. The largest absolute Gasteiger partial charge is 0.496 e. The molecule has 2 aromatic carbocycles. The number of anilines is 2. The van der Waals surface area contributed by atoms with Gasteiger partial charge >= 0.3 is 0 Å². The topological polar surface area (TPSA) is 75.7 Å². The number of halogens is 1. The first-order valence-corrected chi connectivity index (χ1v) is 8.76. The van der Waals surface area contributed by atoms with E-state index in [1.54, 1.807) is 24.3 Å². The minimum Gasteiger partial charge on any atom is -0.496 e. The minimum absolute atomic E-state index is 0.0406. The summed E-state index contributed by atoms with van der Waals surface area (Å²) < 4.78 is 43.1. The van der Waals surface area contributed by atoms with E-state index in [0.29, 0.717) is 5.75 Å². The molecular weight excluding hydrogens is 335 g/mol. The van der Waals surface area contributed by atoms with Crippen LogP contribution in [0.25, 0.3) is 0 Å². The van der Waals surface area contributed by atoms with Gasteiger partial charge in [0.2, 0.25) is 10.0 Å². The standard InChI is InChI=1S/C16H17FN2O4S/c1-19(24(3,21)22)14-9-8-11(17)10-13(14)18-16(20)12-6-4-5-7-15(12)23-2/h4-10H,1-3H3,(H,18,20). The molecule has 2 rings (SSSR count). The number of carbonyl (C=O) groups excluding carboxylic acids is 1. The van der Waals surface area contributed by atoms with Crippen LogP contribution in [0.1, 0.15) is 10.4 Å². The number of hydrogen-bond donors (Lipinski definition) is 1. The van der Waals surface area contributed by atoms with E-state index < -0.39 is 21.7 Å². The van der Waals surface area contributed by atoms with E-state index in [2.05, 4.69) is 5.32 Å². The van der Waals surface area contributed by atoms with E-state index in [0.717, 1.165) is 22.7 Å². The Labute approximate surface area is 139 Å². The van der Waals surface area contributed by atoms with Crippen molar-refractivity contribution >= 4 is 27.3 Å². The van der Waals surface area contributed by atoms with E-state index in [-0.39, 0.29) is 16.9 Å². The van der Waals surface area contributed by atoms with Crippen molar-refractivity contribution < 1.29 is 22.3 Å². The number of para-hydroxylation sites is 1. The number of benzene rings is 2. The Morgan fingerprint density at radius 1 is 1.21 bits per heavy atom. The molecule has 0 aliphatic carbocycles. The lowest BCUT2D eigenvalue weighted by molar-refractivity contribution is 0.102. The van der Waals surface area contributed by atoms with Crippen LogP contribution in [0.5, 0.6) is 5.75 Å². The van der Waals surface area contributed by atoms with E-state index in [4.69, 9.17) is 4.74 Å². The molecule has 0 radical (unpaired) electrons. The Morgan fingerprint density at radius 2 is 1.88 bits per heavy atom. The molecule has 1 amide bonds. The van der Waals surface area contributed by atoms with Gasteiger partial charge < -0.3 is 10.1 Å². The summed E-state index contributed by atoms with van der Waals surface area (Å²) in [6.45, 7) is 0. The van der Waals surface area contributed by atoms with Gasteiger partial charge in [-0.25, -0.2) is 12.8 Å². The van der Waals surface area contributed by atoms with Crippen LogP contribution in [0.4, 0.5) is 15.8 Å². The summed E-state index contributed by atoms with van der Waals surface area (Å²) in [6, 6.07) is 10.00. The summed E-state index contributed by atoms with van der Waals surface area (Å²) >= 11 is 0. The molecule has 0 unspecified atom stereocenters. The van der Waals surface area contributed by atoms with Gasteiger partial charge in [0, 0.05) is 7.05 Å². The maximum absolute atomic E-state index is 13.6. The van der Waals surface area contributed by atoms with Gasteiger partial charge in [0.25, 0.3) is 5.91 Å². The zero-order chi connectivity index (χ0) is 17.9. The fraction of sp³-hybridized carbons (Fsp3) is 0.188. The Hall–Kier alpha value is -2.61. The van der Waals surface area contributed by atoms with E-state index in [9.17, 15) is 17.6 Å². The van der Waals surface area contributed by atoms with Gasteiger partial charge in [-0.2, -0.15) is 0 Å². The fourth-order valence-corrected chi connectivity index (χ4v) is 2.60. The number of nitrogens with zero attached hydrogens (tertiary/aromatic N) is 1. The van der Waals surface area contributed by atoms with Gasteiger partial charge in [-0.1, -0.05) is 12.1 Å². The predicted octanol–water partition coefficient (Wildman–Crippen LogP) is 2.48. The van der Waals surface area contributed by atoms with Gasteiger partial charge in [-0.15, -0.1) is 0 Å². The van der Waals surface area contributed by atoms with Crippen molar-refractivity contribution in [2.24, 2.45) is 0 Å². The van der Waals surface area contributed by atoms with Crippen molar-refractivity contribution in [3.8, 4) is 5.75 Å². The summed E-state index contributed by atoms with van der Waals surface area (Å²) in [4.78, 5) is 12.4. The summed E-state index contributed by atoms with van der Waals surface area (Å²) in [7, 11) is -0.821. The third kappa shape index (κ3) is 3.83. The van der Waals surface area contributed by atoms with Gasteiger partial charge in [0.1, 0.15) is 11.6 Å². The molecule has 0 bridgehead atoms. The normalized spacial score (nSPS) is 11.0. The molecular formula is C16H17FN2O4S. The van der Waals surface area contributed by atoms with Crippen LogP contribution < -0.4 is 14.4 Å². The molecule has 0 spiro atoms. The molecule has 0 aromatic heterocycles. The second-order valence-corrected chi connectivity index (χ2v) is 7.06. The third-order valence-corrected chi connectivity index (χ3v) is 4.59. The highest BCUT2D eigenvalue weighted by molar-refractivity contribution is 7.92. The van der Waals surface area contributed by atoms with E-state index >= 15 is 0 Å². The molecule has 0 atom stereocenters. The predicted molar refractivity (Wildman–Crippen MR) is 90.6 cm³/mol. The van der Waals surface area contributed by atoms with Crippen LogP contribution in [0.2, 0.25) is 0 Å².